The molecule has 0 aromatic heterocycles. The van der Waals surface area contributed by atoms with Gasteiger partial charge in [0.25, 0.3) is 5.91 Å². The molecule has 1 aromatic rings. The minimum Gasteiger partial charge on any atom is -0.382 e. The van der Waals surface area contributed by atoms with Crippen LogP contribution in [0.1, 0.15) is 56.3 Å². The second kappa shape index (κ2) is 6.92. The van der Waals surface area contributed by atoms with Gasteiger partial charge in [-0.25, -0.2) is 4.39 Å². The molecule has 1 saturated carbocycles. The second-order valence-corrected chi connectivity index (χ2v) is 6.29. The molecule has 3 nitrogen and oxygen atoms in total. The molecule has 1 aliphatic carbocycles. The molecule has 1 fully saturated rings. The van der Waals surface area contributed by atoms with Crippen LogP contribution in [0.4, 0.5) is 10.1 Å². The number of nitrogens with one attached hydrogen (secondary N) is 2. The van der Waals surface area contributed by atoms with E-state index in [1.54, 1.807) is 12.1 Å². The Morgan fingerprint density at radius 3 is 2.71 bits per heavy atom. The quantitative estimate of drug-likeness (QED) is 0.833. The SMILES string of the molecule is CCCNc1c(F)cccc1C(=O)NCC1(C)CCCC1. The van der Waals surface area contributed by atoms with Crippen LogP contribution in [-0.4, -0.2) is 19.0 Å². The van der Waals surface area contributed by atoms with E-state index in [1.807, 2.05) is 6.92 Å². The number of benzene rings is 1. The van der Waals surface area contributed by atoms with Gasteiger partial charge in [0.05, 0.1) is 11.3 Å². The highest BCUT2D eigenvalue weighted by atomic mass is 19.1. The largest absolute Gasteiger partial charge is 0.382 e. The van der Waals surface area contributed by atoms with E-state index in [4.69, 9.17) is 0 Å². The molecule has 1 aliphatic rings. The van der Waals surface area contributed by atoms with Crippen LogP contribution in [0.5, 0.6) is 0 Å². The molecule has 21 heavy (non-hydrogen) atoms. The summed E-state index contributed by atoms with van der Waals surface area (Å²) in [4.78, 5) is 12.4. The van der Waals surface area contributed by atoms with E-state index in [0.717, 1.165) is 19.3 Å². The summed E-state index contributed by atoms with van der Waals surface area (Å²) in [7, 11) is 0. The maximum atomic E-state index is 13.9. The van der Waals surface area contributed by atoms with Crippen molar-refractivity contribution >= 4 is 11.6 Å². The topological polar surface area (TPSA) is 41.1 Å². The monoisotopic (exact) mass is 292 g/mol. The minimum atomic E-state index is -0.372. The van der Waals surface area contributed by atoms with Gasteiger partial charge in [-0.15, -0.1) is 0 Å². The van der Waals surface area contributed by atoms with Crippen LogP contribution in [0.25, 0.3) is 0 Å². The molecule has 1 aromatic carbocycles. The van der Waals surface area contributed by atoms with Crippen molar-refractivity contribution in [1.29, 1.82) is 0 Å². The Hall–Kier alpha value is -1.58. The number of halogens is 1. The Kier molecular flexibility index (Phi) is 5.21. The summed E-state index contributed by atoms with van der Waals surface area (Å²) in [6.45, 7) is 5.53. The van der Waals surface area contributed by atoms with E-state index >= 15 is 0 Å². The smallest absolute Gasteiger partial charge is 0.253 e. The molecule has 1 amide bonds. The van der Waals surface area contributed by atoms with Crippen LogP contribution < -0.4 is 10.6 Å². The normalized spacial score (nSPS) is 16.7. The standard InChI is InChI=1S/C17H25FN2O/c1-3-11-19-15-13(7-6-8-14(15)18)16(21)20-12-17(2)9-4-5-10-17/h6-8,19H,3-5,9-12H2,1-2H3,(H,20,21). The Bertz CT molecular complexity index is 496. The predicted octanol–water partition coefficient (Wildman–Crippen LogP) is 3.96. The fourth-order valence-electron chi connectivity index (χ4n) is 2.94. The van der Waals surface area contributed by atoms with Gasteiger partial charge in [0.15, 0.2) is 0 Å². The molecule has 0 unspecified atom stereocenters. The Labute approximate surface area is 126 Å². The fraction of sp³-hybridized carbons (Fsp3) is 0.588. The highest BCUT2D eigenvalue weighted by molar-refractivity contribution is 5.99. The van der Waals surface area contributed by atoms with Crippen molar-refractivity contribution in [2.24, 2.45) is 5.41 Å². The third-order valence-corrected chi connectivity index (χ3v) is 4.30. The van der Waals surface area contributed by atoms with Gasteiger partial charge in [-0.1, -0.05) is 32.8 Å². The number of para-hydroxylation sites is 1. The predicted molar refractivity (Wildman–Crippen MR) is 84.1 cm³/mol. The molecule has 0 aliphatic heterocycles. The van der Waals surface area contributed by atoms with Crippen LogP contribution >= 0.6 is 0 Å². The van der Waals surface area contributed by atoms with Gasteiger partial charge < -0.3 is 10.6 Å². The zero-order valence-corrected chi connectivity index (χ0v) is 13.0. The van der Waals surface area contributed by atoms with Crippen LogP contribution in [0.15, 0.2) is 18.2 Å². The van der Waals surface area contributed by atoms with Crippen LogP contribution in [-0.2, 0) is 0 Å². The summed E-state index contributed by atoms with van der Waals surface area (Å²) in [5.41, 5.74) is 0.901. The Morgan fingerprint density at radius 2 is 2.05 bits per heavy atom. The van der Waals surface area contributed by atoms with Gasteiger partial charge >= 0.3 is 0 Å². The number of anilines is 1. The number of carbonyl (C=O) groups is 1. The third kappa shape index (κ3) is 3.96. The Morgan fingerprint density at radius 1 is 1.33 bits per heavy atom. The van der Waals surface area contributed by atoms with Crippen LogP contribution in [0, 0.1) is 11.2 Å². The molecule has 0 saturated heterocycles. The third-order valence-electron chi connectivity index (χ3n) is 4.30. The van der Waals surface area contributed by atoms with E-state index in [9.17, 15) is 9.18 Å². The van der Waals surface area contributed by atoms with Gasteiger partial charge in [0.2, 0.25) is 0 Å². The molecule has 2 N–H and O–H groups in total. The molecule has 116 valence electrons. The zero-order valence-electron chi connectivity index (χ0n) is 13.0. The van der Waals surface area contributed by atoms with Crippen molar-refractivity contribution in [3.8, 4) is 0 Å². The average Bonchev–Trinajstić information content (AvgIpc) is 2.90. The maximum Gasteiger partial charge on any atom is 0.253 e. The first-order valence-corrected chi connectivity index (χ1v) is 7.86. The van der Waals surface area contributed by atoms with Crippen LogP contribution in [0.3, 0.4) is 0 Å². The summed E-state index contributed by atoms with van der Waals surface area (Å²) in [5.74, 6) is -0.565. The molecule has 0 bridgehead atoms. The van der Waals surface area contributed by atoms with Crippen molar-refractivity contribution in [2.45, 2.75) is 46.0 Å². The highest BCUT2D eigenvalue weighted by Gasteiger charge is 2.29. The molecule has 0 spiro atoms. The van der Waals surface area contributed by atoms with E-state index in [1.165, 1.54) is 18.9 Å². The first-order chi connectivity index (χ1) is 10.1. The number of amides is 1. The molecular formula is C17H25FN2O. The van der Waals surface area contributed by atoms with Crippen molar-refractivity contribution in [1.82, 2.24) is 5.32 Å². The summed E-state index contributed by atoms with van der Waals surface area (Å²) in [5, 5.41) is 5.99. The molecule has 4 heteroatoms. The van der Waals surface area contributed by atoms with Crippen molar-refractivity contribution < 1.29 is 9.18 Å². The molecule has 0 radical (unpaired) electrons. The first-order valence-electron chi connectivity index (χ1n) is 7.86. The molecule has 0 heterocycles. The van der Waals surface area contributed by atoms with E-state index in [0.29, 0.717) is 24.3 Å². The zero-order chi connectivity index (χ0) is 15.3. The number of hydrogen-bond acceptors (Lipinski definition) is 2. The molecular weight excluding hydrogens is 267 g/mol. The summed E-state index contributed by atoms with van der Waals surface area (Å²) in [6.07, 6.45) is 5.65. The lowest BCUT2D eigenvalue weighted by Crippen LogP contribution is -2.34. The van der Waals surface area contributed by atoms with E-state index in [-0.39, 0.29) is 17.1 Å². The lowest BCUT2D eigenvalue weighted by atomic mass is 9.89. The summed E-state index contributed by atoms with van der Waals surface area (Å²) >= 11 is 0. The Balaban J connectivity index is 2.06. The summed E-state index contributed by atoms with van der Waals surface area (Å²) < 4.78 is 13.9. The average molecular weight is 292 g/mol. The van der Waals surface area contributed by atoms with Gasteiger partial charge in [-0.3, -0.25) is 4.79 Å². The second-order valence-electron chi connectivity index (χ2n) is 6.29. The van der Waals surface area contributed by atoms with Crippen LogP contribution in [0.2, 0.25) is 0 Å². The highest BCUT2D eigenvalue weighted by Crippen LogP contribution is 2.36. The van der Waals surface area contributed by atoms with Gasteiger partial charge in [0.1, 0.15) is 5.82 Å². The number of carbonyl (C=O) groups excluding carboxylic acids is 1. The van der Waals surface area contributed by atoms with Gasteiger partial charge in [-0.05, 0) is 36.8 Å². The van der Waals surface area contributed by atoms with Gasteiger partial charge in [0, 0.05) is 13.1 Å². The fourth-order valence-corrected chi connectivity index (χ4v) is 2.94. The maximum absolute atomic E-state index is 13.9. The van der Waals surface area contributed by atoms with E-state index in [2.05, 4.69) is 17.6 Å². The first kappa shape index (κ1) is 15.8. The van der Waals surface area contributed by atoms with Gasteiger partial charge in [-0.2, -0.15) is 0 Å². The van der Waals surface area contributed by atoms with Crippen molar-refractivity contribution in [2.75, 3.05) is 18.4 Å². The molecule has 2 rings (SSSR count). The van der Waals surface area contributed by atoms with E-state index < -0.39 is 0 Å². The van der Waals surface area contributed by atoms with Crippen molar-refractivity contribution in [3.05, 3.63) is 29.6 Å². The lowest BCUT2D eigenvalue weighted by molar-refractivity contribution is 0.0934. The number of rotatable bonds is 6. The molecule has 0 atom stereocenters. The van der Waals surface area contributed by atoms with Crippen molar-refractivity contribution in [3.63, 3.8) is 0 Å². The summed E-state index contributed by atoms with van der Waals surface area (Å²) in [6, 6.07) is 4.64. The lowest BCUT2D eigenvalue weighted by Gasteiger charge is -2.24. The number of hydrogen-bond donors (Lipinski definition) is 2. The minimum absolute atomic E-state index is 0.193.